The number of esters is 1. The van der Waals surface area contributed by atoms with Gasteiger partial charge in [0.25, 0.3) is 6.43 Å². The number of nitrogens with zero attached hydrogens (tertiary/aromatic N) is 2. The molecule has 0 atom stereocenters. The van der Waals surface area contributed by atoms with Crippen LogP contribution in [0.15, 0.2) is 6.20 Å². The molecule has 0 aromatic carbocycles. The van der Waals surface area contributed by atoms with Crippen LogP contribution in [-0.4, -0.2) is 22.4 Å². The molecule has 1 heterocycles. The van der Waals surface area contributed by atoms with Crippen LogP contribution in [0.3, 0.4) is 0 Å². The summed E-state index contributed by atoms with van der Waals surface area (Å²) in [7, 11) is 0. The Morgan fingerprint density at radius 1 is 1.56 bits per heavy atom. The Hall–Kier alpha value is -1.46. The van der Waals surface area contributed by atoms with Gasteiger partial charge in [0, 0.05) is 6.54 Å². The van der Waals surface area contributed by atoms with Crippen molar-refractivity contribution in [2.75, 3.05) is 6.61 Å². The average Bonchev–Trinajstić information content (AvgIpc) is 2.62. The van der Waals surface area contributed by atoms with Crippen molar-refractivity contribution in [3.8, 4) is 0 Å². The van der Waals surface area contributed by atoms with E-state index in [1.54, 1.807) is 6.92 Å². The molecule has 1 aromatic heterocycles. The second-order valence-corrected chi connectivity index (χ2v) is 3.19. The van der Waals surface area contributed by atoms with Gasteiger partial charge in [0.1, 0.15) is 11.3 Å². The lowest BCUT2D eigenvalue weighted by atomic mass is 10.2. The van der Waals surface area contributed by atoms with Crippen molar-refractivity contribution in [1.29, 1.82) is 0 Å². The van der Waals surface area contributed by atoms with Gasteiger partial charge in [0.2, 0.25) is 0 Å². The van der Waals surface area contributed by atoms with E-state index in [0.29, 0.717) is 13.0 Å². The molecule has 0 radical (unpaired) electrons. The minimum atomic E-state index is -2.73. The van der Waals surface area contributed by atoms with Crippen LogP contribution >= 0.6 is 0 Å². The number of rotatable bonds is 5. The molecule has 1 aromatic rings. The third kappa shape index (κ3) is 2.56. The molecular weight excluding hydrogens is 218 g/mol. The van der Waals surface area contributed by atoms with Gasteiger partial charge in [-0.2, -0.15) is 5.10 Å². The molecule has 0 aliphatic rings. The van der Waals surface area contributed by atoms with Crippen molar-refractivity contribution in [2.45, 2.75) is 33.2 Å². The topological polar surface area (TPSA) is 44.1 Å². The number of aromatic nitrogens is 2. The monoisotopic (exact) mass is 232 g/mol. The predicted octanol–water partition coefficient (Wildman–Crippen LogP) is 2.41. The summed E-state index contributed by atoms with van der Waals surface area (Å²) in [4.78, 5) is 11.4. The zero-order chi connectivity index (χ0) is 12.1. The fraction of sp³-hybridized carbons (Fsp3) is 0.600. The normalized spacial score (nSPS) is 10.8. The van der Waals surface area contributed by atoms with E-state index in [9.17, 15) is 13.6 Å². The molecule has 0 fully saturated rings. The fourth-order valence-corrected chi connectivity index (χ4v) is 1.38. The number of hydrogen-bond donors (Lipinski definition) is 0. The lowest BCUT2D eigenvalue weighted by molar-refractivity contribution is 0.0513. The quantitative estimate of drug-likeness (QED) is 0.732. The maximum absolute atomic E-state index is 12.8. The third-order valence-electron chi connectivity index (χ3n) is 2.02. The summed E-state index contributed by atoms with van der Waals surface area (Å²) in [6.45, 7) is 3.98. The maximum Gasteiger partial charge on any atom is 0.341 e. The van der Waals surface area contributed by atoms with E-state index < -0.39 is 12.4 Å². The molecule has 0 spiro atoms. The molecule has 0 aliphatic carbocycles. The Kier molecular flexibility index (Phi) is 4.39. The summed E-state index contributed by atoms with van der Waals surface area (Å²) in [5.74, 6) is -0.750. The molecular formula is C10H14F2N2O2. The van der Waals surface area contributed by atoms with Gasteiger partial charge in [0.05, 0.1) is 12.8 Å². The number of aryl methyl sites for hydroxylation is 1. The van der Waals surface area contributed by atoms with Crippen molar-refractivity contribution >= 4 is 5.97 Å². The van der Waals surface area contributed by atoms with Gasteiger partial charge in [-0.05, 0) is 13.3 Å². The first kappa shape index (κ1) is 12.6. The largest absolute Gasteiger partial charge is 0.462 e. The maximum atomic E-state index is 12.8. The minimum Gasteiger partial charge on any atom is -0.462 e. The third-order valence-corrected chi connectivity index (χ3v) is 2.02. The van der Waals surface area contributed by atoms with Gasteiger partial charge < -0.3 is 4.74 Å². The molecule has 16 heavy (non-hydrogen) atoms. The van der Waals surface area contributed by atoms with Gasteiger partial charge in [-0.15, -0.1) is 0 Å². The summed E-state index contributed by atoms with van der Waals surface area (Å²) >= 11 is 0. The SMILES string of the molecule is CCCn1ncc(C(=O)OCC)c1C(F)F. The van der Waals surface area contributed by atoms with E-state index in [0.717, 1.165) is 10.9 Å². The first-order valence-corrected chi connectivity index (χ1v) is 5.12. The molecule has 1 rings (SSSR count). The van der Waals surface area contributed by atoms with Crippen LogP contribution in [0.2, 0.25) is 0 Å². The lowest BCUT2D eigenvalue weighted by Crippen LogP contribution is -2.11. The number of hydrogen-bond acceptors (Lipinski definition) is 3. The number of alkyl halides is 2. The van der Waals surface area contributed by atoms with Gasteiger partial charge in [-0.1, -0.05) is 6.92 Å². The summed E-state index contributed by atoms with van der Waals surface area (Å²) in [6, 6.07) is 0. The summed E-state index contributed by atoms with van der Waals surface area (Å²) in [6.07, 6.45) is -0.924. The Labute approximate surface area is 92.2 Å². The van der Waals surface area contributed by atoms with Crippen molar-refractivity contribution in [1.82, 2.24) is 9.78 Å². The van der Waals surface area contributed by atoms with E-state index in [1.807, 2.05) is 6.92 Å². The van der Waals surface area contributed by atoms with Gasteiger partial charge in [-0.25, -0.2) is 13.6 Å². The molecule has 90 valence electrons. The van der Waals surface area contributed by atoms with Gasteiger partial charge >= 0.3 is 5.97 Å². The molecule has 4 nitrogen and oxygen atoms in total. The minimum absolute atomic E-state index is 0.148. The molecule has 6 heteroatoms. The van der Waals surface area contributed by atoms with Crippen LogP contribution in [-0.2, 0) is 11.3 Å². The molecule has 0 saturated carbocycles. The summed E-state index contributed by atoms with van der Waals surface area (Å²) in [5.41, 5.74) is -0.509. The highest BCUT2D eigenvalue weighted by molar-refractivity contribution is 5.90. The molecule has 0 N–H and O–H groups in total. The number of ether oxygens (including phenoxy) is 1. The highest BCUT2D eigenvalue weighted by Crippen LogP contribution is 2.23. The van der Waals surface area contributed by atoms with Gasteiger partial charge in [-0.3, -0.25) is 4.68 Å². The average molecular weight is 232 g/mol. The molecule has 0 bridgehead atoms. The van der Waals surface area contributed by atoms with Crippen molar-refractivity contribution in [2.24, 2.45) is 0 Å². The second kappa shape index (κ2) is 5.58. The number of carbonyl (C=O) groups is 1. The van der Waals surface area contributed by atoms with E-state index >= 15 is 0 Å². The summed E-state index contributed by atoms with van der Waals surface area (Å²) < 4.78 is 31.4. The van der Waals surface area contributed by atoms with E-state index in [1.165, 1.54) is 0 Å². The van der Waals surface area contributed by atoms with Crippen molar-refractivity contribution in [3.63, 3.8) is 0 Å². The van der Waals surface area contributed by atoms with Crippen LogP contribution in [0.25, 0.3) is 0 Å². The Bertz CT molecular complexity index is 364. The predicted molar refractivity (Wildman–Crippen MR) is 53.4 cm³/mol. The first-order chi connectivity index (χ1) is 7.61. The lowest BCUT2D eigenvalue weighted by Gasteiger charge is -2.07. The molecule has 0 unspecified atom stereocenters. The number of carbonyl (C=O) groups excluding carboxylic acids is 1. The van der Waals surface area contributed by atoms with E-state index in [-0.39, 0.29) is 17.9 Å². The first-order valence-electron chi connectivity index (χ1n) is 5.12. The van der Waals surface area contributed by atoms with Crippen LogP contribution in [0.1, 0.15) is 42.7 Å². The highest BCUT2D eigenvalue weighted by atomic mass is 19.3. The van der Waals surface area contributed by atoms with Crippen molar-refractivity contribution in [3.05, 3.63) is 17.5 Å². The highest BCUT2D eigenvalue weighted by Gasteiger charge is 2.24. The number of halogens is 2. The molecule has 0 aliphatic heterocycles. The Morgan fingerprint density at radius 3 is 2.75 bits per heavy atom. The zero-order valence-electron chi connectivity index (χ0n) is 9.24. The summed E-state index contributed by atoms with van der Waals surface area (Å²) in [5, 5.41) is 3.77. The smallest absolute Gasteiger partial charge is 0.341 e. The van der Waals surface area contributed by atoms with E-state index in [4.69, 9.17) is 0 Å². The van der Waals surface area contributed by atoms with Crippen LogP contribution < -0.4 is 0 Å². The van der Waals surface area contributed by atoms with Gasteiger partial charge in [0.15, 0.2) is 0 Å². The van der Waals surface area contributed by atoms with Crippen LogP contribution in [0.4, 0.5) is 8.78 Å². The molecule has 0 amide bonds. The van der Waals surface area contributed by atoms with Crippen molar-refractivity contribution < 1.29 is 18.3 Å². The second-order valence-electron chi connectivity index (χ2n) is 3.19. The Morgan fingerprint density at radius 2 is 2.25 bits per heavy atom. The standard InChI is InChI=1S/C10H14F2N2O2/c1-3-5-14-8(9(11)12)7(6-13-14)10(15)16-4-2/h6,9H,3-5H2,1-2H3. The van der Waals surface area contributed by atoms with E-state index in [2.05, 4.69) is 9.84 Å². The fourth-order valence-electron chi connectivity index (χ4n) is 1.38. The Balaban J connectivity index is 3.04. The van der Waals surface area contributed by atoms with Crippen LogP contribution in [0.5, 0.6) is 0 Å². The van der Waals surface area contributed by atoms with Crippen LogP contribution in [0, 0.1) is 0 Å². The molecule has 0 saturated heterocycles. The zero-order valence-corrected chi connectivity index (χ0v) is 9.24.